The first-order valence-electron chi connectivity index (χ1n) is 14.5. The van der Waals surface area contributed by atoms with Gasteiger partial charge in [0.15, 0.2) is 0 Å². The molecule has 0 fully saturated rings. The van der Waals surface area contributed by atoms with Crippen LogP contribution < -0.4 is 16.0 Å². The first kappa shape index (κ1) is 33.4. The maximum atomic E-state index is 11.9. The van der Waals surface area contributed by atoms with Crippen molar-refractivity contribution in [3.63, 3.8) is 0 Å². The molecule has 3 N–H and O–H groups in total. The van der Waals surface area contributed by atoms with Crippen LogP contribution in [0.1, 0.15) is 129 Å². The van der Waals surface area contributed by atoms with Crippen molar-refractivity contribution in [2.45, 2.75) is 129 Å². The van der Waals surface area contributed by atoms with E-state index >= 15 is 0 Å². The minimum absolute atomic E-state index is 0.0839. The minimum atomic E-state index is -0.148. The van der Waals surface area contributed by atoms with Gasteiger partial charge in [-0.1, -0.05) is 97.3 Å². The van der Waals surface area contributed by atoms with Crippen LogP contribution in [0, 0.1) is 0 Å². The Balaban J connectivity index is 3.32. The van der Waals surface area contributed by atoms with Crippen LogP contribution in [0.5, 0.6) is 0 Å². The lowest BCUT2D eigenvalue weighted by Gasteiger charge is -2.08. The highest BCUT2D eigenvalue weighted by molar-refractivity contribution is 5.83. The van der Waals surface area contributed by atoms with Crippen LogP contribution in [0.3, 0.4) is 0 Å². The summed E-state index contributed by atoms with van der Waals surface area (Å²) in [5.74, 6) is -0.146. The summed E-state index contributed by atoms with van der Waals surface area (Å²) in [7, 11) is 0. The van der Waals surface area contributed by atoms with E-state index in [-0.39, 0.29) is 30.6 Å². The van der Waals surface area contributed by atoms with Crippen LogP contribution >= 0.6 is 0 Å². The number of nitrogens with one attached hydrogen (secondary N) is 3. The molecule has 0 saturated heterocycles. The number of rotatable bonds is 26. The van der Waals surface area contributed by atoms with Crippen LogP contribution in [0.4, 0.5) is 0 Å². The molecule has 0 aromatic heterocycles. The third-order valence-corrected chi connectivity index (χ3v) is 6.08. The van der Waals surface area contributed by atoms with Gasteiger partial charge in [0, 0.05) is 38.9 Å². The van der Waals surface area contributed by atoms with Gasteiger partial charge in [-0.2, -0.15) is 0 Å². The Labute approximate surface area is 215 Å². The maximum absolute atomic E-state index is 11.9. The summed E-state index contributed by atoms with van der Waals surface area (Å²) in [6, 6.07) is 0. The topological polar surface area (TPSA) is 96.5 Å². The van der Waals surface area contributed by atoms with Gasteiger partial charge in [0.25, 0.3) is 0 Å². The zero-order valence-corrected chi connectivity index (χ0v) is 22.9. The Hall–Kier alpha value is -1.63. The lowest BCUT2D eigenvalue weighted by atomic mass is 10.0. The number of amides is 3. The highest BCUT2D eigenvalue weighted by atomic mass is 16.5. The van der Waals surface area contributed by atoms with E-state index < -0.39 is 0 Å². The molecule has 0 aliphatic rings. The predicted octanol–water partition coefficient (Wildman–Crippen LogP) is 5.41. The Morgan fingerprint density at radius 2 is 0.829 bits per heavy atom. The summed E-state index contributed by atoms with van der Waals surface area (Å²) in [6.45, 7) is 6.71. The van der Waals surface area contributed by atoms with Gasteiger partial charge in [0.1, 0.15) is 0 Å². The fourth-order valence-electron chi connectivity index (χ4n) is 3.83. The molecule has 0 rings (SSSR count). The third-order valence-electron chi connectivity index (χ3n) is 6.08. The molecule has 35 heavy (non-hydrogen) atoms. The molecular weight excluding hydrogens is 442 g/mol. The normalized spacial score (nSPS) is 10.8. The fourth-order valence-corrected chi connectivity index (χ4v) is 3.83. The summed E-state index contributed by atoms with van der Waals surface area (Å²) in [4.78, 5) is 35.2. The number of hydrogen-bond donors (Lipinski definition) is 3. The molecule has 0 aromatic rings. The molecule has 7 heteroatoms. The van der Waals surface area contributed by atoms with Gasteiger partial charge >= 0.3 is 0 Å². The van der Waals surface area contributed by atoms with E-state index in [9.17, 15) is 14.4 Å². The van der Waals surface area contributed by atoms with Crippen molar-refractivity contribution >= 4 is 17.7 Å². The van der Waals surface area contributed by atoms with Crippen molar-refractivity contribution in [1.82, 2.24) is 16.0 Å². The lowest BCUT2D eigenvalue weighted by molar-refractivity contribution is -0.126. The monoisotopic (exact) mass is 497 g/mol. The van der Waals surface area contributed by atoms with E-state index in [4.69, 9.17) is 4.74 Å². The zero-order chi connectivity index (χ0) is 25.8. The van der Waals surface area contributed by atoms with Crippen molar-refractivity contribution in [2.24, 2.45) is 0 Å². The fraction of sp³-hybridized carbons (Fsp3) is 0.893. The van der Waals surface area contributed by atoms with Gasteiger partial charge in [-0.05, 0) is 12.8 Å². The summed E-state index contributed by atoms with van der Waals surface area (Å²) in [5, 5.41) is 8.42. The molecule has 0 spiro atoms. The van der Waals surface area contributed by atoms with E-state index in [1.54, 1.807) is 0 Å². The summed E-state index contributed by atoms with van der Waals surface area (Å²) >= 11 is 0. The van der Waals surface area contributed by atoms with Crippen LogP contribution in [-0.4, -0.2) is 50.6 Å². The van der Waals surface area contributed by atoms with E-state index in [1.165, 1.54) is 70.6 Å². The molecule has 0 aliphatic carbocycles. The van der Waals surface area contributed by atoms with E-state index in [0.717, 1.165) is 25.7 Å². The van der Waals surface area contributed by atoms with Gasteiger partial charge in [0.2, 0.25) is 17.7 Å². The number of ether oxygens (including phenoxy) is 1. The highest BCUT2D eigenvalue weighted by Gasteiger charge is 2.06. The Kier molecular flexibility index (Phi) is 25.7. The van der Waals surface area contributed by atoms with E-state index in [1.807, 2.05) is 0 Å². The second-order valence-electron chi connectivity index (χ2n) is 9.51. The molecule has 0 radical (unpaired) electrons. The predicted molar refractivity (Wildman–Crippen MR) is 144 cm³/mol. The van der Waals surface area contributed by atoms with Gasteiger partial charge in [-0.3, -0.25) is 14.4 Å². The Morgan fingerprint density at radius 1 is 0.457 bits per heavy atom. The van der Waals surface area contributed by atoms with Crippen molar-refractivity contribution < 1.29 is 19.1 Å². The minimum Gasteiger partial charge on any atom is -0.378 e. The molecule has 0 atom stereocenters. The molecule has 0 heterocycles. The van der Waals surface area contributed by atoms with Gasteiger partial charge in [-0.25, -0.2) is 0 Å². The molecule has 0 bridgehead atoms. The van der Waals surface area contributed by atoms with Crippen LogP contribution in [-0.2, 0) is 19.1 Å². The maximum Gasteiger partial charge on any atom is 0.220 e. The molecule has 0 unspecified atom stereocenters. The van der Waals surface area contributed by atoms with Crippen LogP contribution in [0.25, 0.3) is 0 Å². The van der Waals surface area contributed by atoms with Crippen molar-refractivity contribution in [2.75, 3.05) is 32.8 Å². The number of carbonyl (C=O) groups excluding carboxylic acids is 3. The van der Waals surface area contributed by atoms with Gasteiger partial charge in [0.05, 0.1) is 13.2 Å². The lowest BCUT2D eigenvalue weighted by Crippen LogP contribution is -2.31. The highest BCUT2D eigenvalue weighted by Crippen LogP contribution is 2.12. The van der Waals surface area contributed by atoms with E-state index in [2.05, 4.69) is 29.8 Å². The second-order valence-corrected chi connectivity index (χ2v) is 9.51. The third kappa shape index (κ3) is 26.8. The quantitative estimate of drug-likeness (QED) is 0.139. The zero-order valence-electron chi connectivity index (χ0n) is 22.9. The van der Waals surface area contributed by atoms with Crippen LogP contribution in [0.15, 0.2) is 0 Å². The smallest absolute Gasteiger partial charge is 0.220 e. The number of hydrogen-bond acceptors (Lipinski definition) is 4. The number of carbonyl (C=O) groups is 3. The first-order valence-corrected chi connectivity index (χ1v) is 14.5. The Bertz CT molecular complexity index is 514. The van der Waals surface area contributed by atoms with Gasteiger partial charge < -0.3 is 20.7 Å². The average molecular weight is 498 g/mol. The average Bonchev–Trinajstić information content (AvgIpc) is 2.85. The van der Waals surface area contributed by atoms with Crippen molar-refractivity contribution in [3.8, 4) is 0 Å². The largest absolute Gasteiger partial charge is 0.378 e. The SMILES string of the molecule is CCCCCCCCCCCCCCCC(=O)NCCOCCNC(=O)CCC(=O)NCCCC. The second kappa shape index (κ2) is 27.0. The molecular formula is C28H55N3O4. The van der Waals surface area contributed by atoms with Crippen LogP contribution in [0.2, 0.25) is 0 Å². The summed E-state index contributed by atoms with van der Waals surface area (Å²) in [5.41, 5.74) is 0. The van der Waals surface area contributed by atoms with Crippen molar-refractivity contribution in [1.29, 1.82) is 0 Å². The summed E-state index contributed by atoms with van der Waals surface area (Å²) in [6.07, 6.45) is 19.9. The van der Waals surface area contributed by atoms with Gasteiger partial charge in [-0.15, -0.1) is 0 Å². The first-order chi connectivity index (χ1) is 17.1. The molecule has 0 saturated carbocycles. The Morgan fingerprint density at radius 3 is 1.29 bits per heavy atom. The molecule has 0 aromatic carbocycles. The molecule has 7 nitrogen and oxygen atoms in total. The molecule has 0 aliphatic heterocycles. The molecule has 206 valence electrons. The summed E-state index contributed by atoms with van der Waals surface area (Å²) < 4.78 is 5.44. The standard InChI is InChI=1S/C28H55N3O4/c1-3-5-7-8-9-10-11-12-13-14-15-16-17-18-26(32)30-22-24-35-25-23-31-28(34)20-19-27(33)29-21-6-4-2/h3-25H2,1-2H3,(H,29,33)(H,30,32)(H,31,34). The van der Waals surface area contributed by atoms with E-state index in [0.29, 0.717) is 39.3 Å². The van der Waals surface area contributed by atoms with Crippen molar-refractivity contribution in [3.05, 3.63) is 0 Å². The molecule has 3 amide bonds. The number of unbranched alkanes of at least 4 members (excludes halogenated alkanes) is 13.